The van der Waals surface area contributed by atoms with Crippen molar-refractivity contribution in [3.63, 3.8) is 0 Å². The van der Waals surface area contributed by atoms with E-state index in [0.717, 1.165) is 11.1 Å². The summed E-state index contributed by atoms with van der Waals surface area (Å²) in [4.78, 5) is 16.8. The lowest BCUT2D eigenvalue weighted by atomic mass is 10.1. The van der Waals surface area contributed by atoms with Gasteiger partial charge in [0.05, 0.1) is 13.7 Å². The molecule has 0 saturated carbocycles. The zero-order valence-electron chi connectivity index (χ0n) is 16.1. The second-order valence-corrected chi connectivity index (χ2v) is 6.26. The Labute approximate surface area is 163 Å². The van der Waals surface area contributed by atoms with Crippen molar-refractivity contribution in [1.29, 1.82) is 0 Å². The number of hydrogen-bond acceptors (Lipinski definition) is 6. The van der Waals surface area contributed by atoms with Crippen LogP contribution in [0.3, 0.4) is 0 Å². The number of ether oxygens (including phenoxy) is 2. The van der Waals surface area contributed by atoms with E-state index in [-0.39, 0.29) is 12.5 Å². The number of benzene rings is 2. The summed E-state index contributed by atoms with van der Waals surface area (Å²) in [5.74, 6) is 1.66. The van der Waals surface area contributed by atoms with Crippen LogP contribution >= 0.6 is 0 Å². The number of nitrogens with zero attached hydrogens (tertiary/aromatic N) is 2. The van der Waals surface area contributed by atoms with Crippen LogP contribution in [0.1, 0.15) is 24.8 Å². The zero-order chi connectivity index (χ0) is 19.9. The molecule has 1 N–H and O–H groups in total. The standard InChI is InChI=1S/C21H23N3O4/c1-4-16(27-18-11-6-5-10-17(18)26-3)21(25)22-13-19-23-20(24-28-19)15-9-7-8-14(2)12-15/h5-12,16H,4,13H2,1-3H3,(H,22,25)/t16-/m1/s1. The number of hydrogen-bond donors (Lipinski definition) is 1. The summed E-state index contributed by atoms with van der Waals surface area (Å²) in [5, 5.41) is 6.76. The fourth-order valence-electron chi connectivity index (χ4n) is 2.70. The number of carbonyl (C=O) groups is 1. The molecule has 1 atom stereocenters. The molecule has 0 spiro atoms. The summed E-state index contributed by atoms with van der Waals surface area (Å²) in [6.45, 7) is 4.00. The number of carbonyl (C=O) groups excluding carboxylic acids is 1. The van der Waals surface area contributed by atoms with Crippen LogP contribution in [0.2, 0.25) is 0 Å². The first-order valence-corrected chi connectivity index (χ1v) is 9.07. The molecule has 7 nitrogen and oxygen atoms in total. The first-order valence-electron chi connectivity index (χ1n) is 9.07. The topological polar surface area (TPSA) is 86.5 Å². The predicted molar refractivity (Wildman–Crippen MR) is 104 cm³/mol. The highest BCUT2D eigenvalue weighted by atomic mass is 16.5. The van der Waals surface area contributed by atoms with Gasteiger partial charge in [0.25, 0.3) is 5.91 Å². The van der Waals surface area contributed by atoms with Gasteiger partial charge in [-0.05, 0) is 31.5 Å². The fraction of sp³-hybridized carbons (Fsp3) is 0.286. The average molecular weight is 381 g/mol. The molecule has 28 heavy (non-hydrogen) atoms. The fourth-order valence-corrected chi connectivity index (χ4v) is 2.70. The van der Waals surface area contributed by atoms with Crippen molar-refractivity contribution < 1.29 is 18.8 Å². The number of methoxy groups -OCH3 is 1. The zero-order valence-corrected chi connectivity index (χ0v) is 16.1. The maximum absolute atomic E-state index is 12.5. The lowest BCUT2D eigenvalue weighted by Gasteiger charge is -2.18. The molecule has 3 rings (SSSR count). The van der Waals surface area contributed by atoms with Crippen LogP contribution in [0.15, 0.2) is 53.1 Å². The van der Waals surface area contributed by atoms with Crippen LogP contribution in [0.4, 0.5) is 0 Å². The molecule has 1 heterocycles. The molecule has 0 saturated heterocycles. The molecule has 2 aromatic carbocycles. The van der Waals surface area contributed by atoms with E-state index in [2.05, 4.69) is 15.5 Å². The summed E-state index contributed by atoms with van der Waals surface area (Å²) in [6, 6.07) is 15.0. The maximum Gasteiger partial charge on any atom is 0.261 e. The number of aromatic nitrogens is 2. The van der Waals surface area contributed by atoms with E-state index in [1.807, 2.05) is 50.2 Å². The third kappa shape index (κ3) is 4.68. The van der Waals surface area contributed by atoms with E-state index in [9.17, 15) is 4.79 Å². The SMILES string of the molecule is CC[C@@H](Oc1ccccc1OC)C(=O)NCc1nc(-c2cccc(C)c2)no1. The molecule has 3 aromatic rings. The second-order valence-electron chi connectivity index (χ2n) is 6.26. The first-order chi connectivity index (χ1) is 13.6. The summed E-state index contributed by atoms with van der Waals surface area (Å²) < 4.78 is 16.3. The van der Waals surface area contributed by atoms with Gasteiger partial charge in [-0.25, -0.2) is 0 Å². The highest BCUT2D eigenvalue weighted by molar-refractivity contribution is 5.81. The normalized spacial score (nSPS) is 11.7. The minimum absolute atomic E-state index is 0.128. The first kappa shape index (κ1) is 19.4. The van der Waals surface area contributed by atoms with Crippen LogP contribution in [0, 0.1) is 6.92 Å². The van der Waals surface area contributed by atoms with Gasteiger partial charge in [-0.15, -0.1) is 0 Å². The minimum Gasteiger partial charge on any atom is -0.493 e. The van der Waals surface area contributed by atoms with Crippen molar-refractivity contribution >= 4 is 5.91 Å². The quantitative estimate of drug-likeness (QED) is 0.642. The molecule has 0 aliphatic heterocycles. The molecule has 0 aliphatic carbocycles. The van der Waals surface area contributed by atoms with Gasteiger partial charge in [0.15, 0.2) is 17.6 Å². The largest absolute Gasteiger partial charge is 0.493 e. The van der Waals surface area contributed by atoms with Crippen molar-refractivity contribution in [3.05, 3.63) is 60.0 Å². The predicted octanol–water partition coefficient (Wildman–Crippen LogP) is 3.53. The van der Waals surface area contributed by atoms with E-state index in [0.29, 0.717) is 29.6 Å². The molecule has 0 aliphatic rings. The van der Waals surface area contributed by atoms with Crippen LogP contribution in [-0.2, 0) is 11.3 Å². The molecule has 1 aromatic heterocycles. The highest BCUT2D eigenvalue weighted by Crippen LogP contribution is 2.27. The summed E-state index contributed by atoms with van der Waals surface area (Å²) in [6.07, 6.45) is -0.155. The van der Waals surface area contributed by atoms with E-state index in [4.69, 9.17) is 14.0 Å². The van der Waals surface area contributed by atoms with Gasteiger partial charge in [0, 0.05) is 5.56 Å². The lowest BCUT2D eigenvalue weighted by Crippen LogP contribution is -2.37. The van der Waals surface area contributed by atoms with Gasteiger partial charge in [0.1, 0.15) is 0 Å². The van der Waals surface area contributed by atoms with Crippen molar-refractivity contribution in [1.82, 2.24) is 15.5 Å². The van der Waals surface area contributed by atoms with Crippen molar-refractivity contribution in [2.45, 2.75) is 32.9 Å². The van der Waals surface area contributed by atoms with Crippen LogP contribution in [0.25, 0.3) is 11.4 Å². The minimum atomic E-state index is -0.657. The summed E-state index contributed by atoms with van der Waals surface area (Å²) in [5.41, 5.74) is 1.98. The monoisotopic (exact) mass is 381 g/mol. The lowest BCUT2D eigenvalue weighted by molar-refractivity contribution is -0.128. The number of rotatable bonds is 8. The second kappa shape index (κ2) is 9.03. The molecular formula is C21H23N3O4. The Morgan fingerprint density at radius 3 is 2.68 bits per heavy atom. The Morgan fingerprint density at radius 2 is 1.96 bits per heavy atom. The van der Waals surface area contributed by atoms with Crippen molar-refractivity contribution in [2.24, 2.45) is 0 Å². The third-order valence-electron chi connectivity index (χ3n) is 4.16. The Hall–Kier alpha value is -3.35. The van der Waals surface area contributed by atoms with Gasteiger partial charge in [-0.2, -0.15) is 4.98 Å². The molecule has 7 heteroatoms. The third-order valence-corrected chi connectivity index (χ3v) is 4.16. The number of aryl methyl sites for hydroxylation is 1. The Kier molecular flexibility index (Phi) is 6.26. The van der Waals surface area contributed by atoms with Crippen LogP contribution < -0.4 is 14.8 Å². The molecule has 1 amide bonds. The van der Waals surface area contributed by atoms with Gasteiger partial charge in [-0.3, -0.25) is 4.79 Å². The summed E-state index contributed by atoms with van der Waals surface area (Å²) in [7, 11) is 1.56. The van der Waals surface area contributed by atoms with E-state index >= 15 is 0 Å². The van der Waals surface area contributed by atoms with Crippen molar-refractivity contribution in [3.8, 4) is 22.9 Å². The highest BCUT2D eigenvalue weighted by Gasteiger charge is 2.20. The van der Waals surface area contributed by atoms with Gasteiger partial charge < -0.3 is 19.3 Å². The van der Waals surface area contributed by atoms with E-state index in [1.165, 1.54) is 0 Å². The van der Waals surface area contributed by atoms with Crippen molar-refractivity contribution in [2.75, 3.05) is 7.11 Å². The van der Waals surface area contributed by atoms with Gasteiger partial charge >= 0.3 is 0 Å². The number of amides is 1. The molecular weight excluding hydrogens is 358 g/mol. The van der Waals surface area contributed by atoms with Crippen LogP contribution in [0.5, 0.6) is 11.5 Å². The maximum atomic E-state index is 12.5. The number of nitrogens with one attached hydrogen (secondary N) is 1. The molecule has 146 valence electrons. The Balaban J connectivity index is 1.61. The average Bonchev–Trinajstić information content (AvgIpc) is 3.19. The van der Waals surface area contributed by atoms with E-state index in [1.54, 1.807) is 19.2 Å². The van der Waals surface area contributed by atoms with E-state index < -0.39 is 6.10 Å². The van der Waals surface area contributed by atoms with Crippen LogP contribution in [-0.4, -0.2) is 29.3 Å². The van der Waals surface area contributed by atoms with Gasteiger partial charge in [0.2, 0.25) is 11.7 Å². The molecule has 0 fully saturated rings. The Morgan fingerprint density at radius 1 is 1.18 bits per heavy atom. The number of para-hydroxylation sites is 2. The Bertz CT molecular complexity index is 939. The molecule has 0 unspecified atom stereocenters. The van der Waals surface area contributed by atoms with Gasteiger partial charge in [-0.1, -0.05) is 48.0 Å². The molecule has 0 bridgehead atoms. The smallest absolute Gasteiger partial charge is 0.261 e. The summed E-state index contributed by atoms with van der Waals surface area (Å²) >= 11 is 0. The molecule has 0 radical (unpaired) electrons.